The molecular formula is C13H14Cl2FN3. The number of halogens is 3. The molecule has 2 rings (SSSR count). The maximum atomic E-state index is 13.1. The van der Waals surface area contributed by atoms with Crippen molar-refractivity contribution in [1.29, 1.82) is 0 Å². The Labute approximate surface area is 121 Å². The number of imidazole rings is 1. The molecular weight excluding hydrogens is 288 g/mol. The number of aromatic nitrogens is 2. The van der Waals surface area contributed by atoms with Gasteiger partial charge in [0.15, 0.2) is 0 Å². The zero-order chi connectivity index (χ0) is 14.0. The highest BCUT2D eigenvalue weighted by atomic mass is 35.5. The number of nitrogens with one attached hydrogen (secondary N) is 1. The molecule has 1 heterocycles. The number of hydrogen-bond donors (Lipinski definition) is 1. The summed E-state index contributed by atoms with van der Waals surface area (Å²) in [6.45, 7) is 4.82. The van der Waals surface area contributed by atoms with Gasteiger partial charge in [0.2, 0.25) is 5.95 Å². The minimum absolute atomic E-state index is 0.230. The van der Waals surface area contributed by atoms with Crippen molar-refractivity contribution >= 4 is 34.8 Å². The van der Waals surface area contributed by atoms with Crippen LogP contribution in [0, 0.1) is 12.7 Å². The van der Waals surface area contributed by atoms with Crippen LogP contribution >= 0.6 is 23.2 Å². The molecule has 0 saturated carbocycles. The van der Waals surface area contributed by atoms with Crippen LogP contribution in [0.2, 0.25) is 10.0 Å². The highest BCUT2D eigenvalue weighted by molar-refractivity contribution is 6.39. The van der Waals surface area contributed by atoms with Crippen molar-refractivity contribution in [3.8, 4) is 0 Å². The van der Waals surface area contributed by atoms with E-state index in [9.17, 15) is 4.39 Å². The van der Waals surface area contributed by atoms with Crippen LogP contribution < -0.4 is 5.32 Å². The second-order valence-corrected chi connectivity index (χ2v) is 5.08. The molecule has 0 saturated heterocycles. The molecule has 1 aromatic carbocycles. The summed E-state index contributed by atoms with van der Waals surface area (Å²) in [5, 5.41) is 3.52. The van der Waals surface area contributed by atoms with Gasteiger partial charge < -0.3 is 9.88 Å². The standard InChI is InChI=1S/C13H14Cl2FN3/c1-3-4-19-7-8(2)17-13(19)18-12-10(14)5-9(16)6-11(12)15/h5-7H,3-4H2,1-2H3,(H,17,18). The van der Waals surface area contributed by atoms with Gasteiger partial charge in [-0.2, -0.15) is 0 Å². The topological polar surface area (TPSA) is 29.9 Å². The second-order valence-electron chi connectivity index (χ2n) is 4.27. The predicted octanol–water partition coefficient (Wildman–Crippen LogP) is 4.79. The first kappa shape index (κ1) is 14.2. The normalized spacial score (nSPS) is 10.8. The second kappa shape index (κ2) is 5.80. The number of aryl methyl sites for hydroxylation is 2. The monoisotopic (exact) mass is 301 g/mol. The van der Waals surface area contributed by atoms with Crippen LogP contribution in [-0.2, 0) is 6.54 Å². The molecule has 102 valence electrons. The van der Waals surface area contributed by atoms with Crippen molar-refractivity contribution in [1.82, 2.24) is 9.55 Å². The third-order valence-electron chi connectivity index (χ3n) is 2.61. The third-order valence-corrected chi connectivity index (χ3v) is 3.20. The summed E-state index contributed by atoms with van der Waals surface area (Å²) in [6, 6.07) is 2.44. The molecule has 0 aliphatic rings. The molecule has 19 heavy (non-hydrogen) atoms. The van der Waals surface area contributed by atoms with Gasteiger partial charge in [-0.05, 0) is 25.5 Å². The van der Waals surface area contributed by atoms with Gasteiger partial charge in [0.1, 0.15) is 5.82 Å². The molecule has 0 atom stereocenters. The van der Waals surface area contributed by atoms with E-state index < -0.39 is 5.82 Å². The van der Waals surface area contributed by atoms with Gasteiger partial charge in [-0.25, -0.2) is 9.37 Å². The number of nitrogens with zero attached hydrogens (tertiary/aromatic N) is 2. The zero-order valence-corrected chi connectivity index (χ0v) is 12.2. The van der Waals surface area contributed by atoms with Crippen LogP contribution in [0.25, 0.3) is 0 Å². The summed E-state index contributed by atoms with van der Waals surface area (Å²) < 4.78 is 15.1. The van der Waals surface area contributed by atoms with Crippen molar-refractivity contribution < 1.29 is 4.39 Å². The Morgan fingerprint density at radius 3 is 2.53 bits per heavy atom. The quantitative estimate of drug-likeness (QED) is 0.880. The Balaban J connectivity index is 2.36. The lowest BCUT2D eigenvalue weighted by molar-refractivity contribution is 0.628. The molecule has 2 aromatic rings. The Kier molecular flexibility index (Phi) is 4.32. The van der Waals surface area contributed by atoms with Gasteiger partial charge in [0, 0.05) is 12.7 Å². The van der Waals surface area contributed by atoms with Gasteiger partial charge in [-0.15, -0.1) is 0 Å². The number of anilines is 2. The van der Waals surface area contributed by atoms with Crippen LogP contribution in [-0.4, -0.2) is 9.55 Å². The van der Waals surface area contributed by atoms with Gasteiger partial charge in [-0.3, -0.25) is 0 Å². The molecule has 1 aromatic heterocycles. The Morgan fingerprint density at radius 1 is 1.32 bits per heavy atom. The molecule has 0 radical (unpaired) electrons. The molecule has 1 N–H and O–H groups in total. The summed E-state index contributed by atoms with van der Waals surface area (Å²) in [5.41, 5.74) is 1.36. The Bertz CT molecular complexity index is 573. The number of benzene rings is 1. The van der Waals surface area contributed by atoms with E-state index in [1.165, 1.54) is 12.1 Å². The molecule has 0 unspecified atom stereocenters. The highest BCUT2D eigenvalue weighted by Gasteiger charge is 2.12. The molecule has 0 bridgehead atoms. The predicted molar refractivity (Wildman–Crippen MR) is 77.0 cm³/mol. The zero-order valence-electron chi connectivity index (χ0n) is 10.7. The molecule has 0 spiro atoms. The fraction of sp³-hybridized carbons (Fsp3) is 0.308. The summed E-state index contributed by atoms with van der Waals surface area (Å²) in [6.07, 6.45) is 2.92. The molecule has 6 heteroatoms. The minimum atomic E-state index is -0.464. The van der Waals surface area contributed by atoms with Crippen molar-refractivity contribution in [2.75, 3.05) is 5.32 Å². The number of hydrogen-bond acceptors (Lipinski definition) is 2. The fourth-order valence-corrected chi connectivity index (χ4v) is 2.39. The summed E-state index contributed by atoms with van der Waals surface area (Å²) >= 11 is 12.0. The van der Waals surface area contributed by atoms with Crippen LogP contribution in [0.3, 0.4) is 0 Å². The van der Waals surface area contributed by atoms with E-state index in [2.05, 4.69) is 17.2 Å². The van der Waals surface area contributed by atoms with Gasteiger partial charge in [-0.1, -0.05) is 30.1 Å². The van der Waals surface area contributed by atoms with E-state index >= 15 is 0 Å². The van der Waals surface area contributed by atoms with Crippen LogP contribution in [0.15, 0.2) is 18.3 Å². The molecule has 0 aliphatic heterocycles. The minimum Gasteiger partial charge on any atom is -0.323 e. The van der Waals surface area contributed by atoms with Crippen molar-refractivity contribution in [3.63, 3.8) is 0 Å². The Hall–Kier alpha value is -1.26. The average Bonchev–Trinajstić information content (AvgIpc) is 2.64. The van der Waals surface area contributed by atoms with Crippen molar-refractivity contribution in [3.05, 3.63) is 39.9 Å². The SMILES string of the molecule is CCCn1cc(C)nc1Nc1c(Cl)cc(F)cc1Cl. The smallest absolute Gasteiger partial charge is 0.207 e. The lowest BCUT2D eigenvalue weighted by atomic mass is 10.3. The van der Waals surface area contributed by atoms with E-state index in [0.717, 1.165) is 18.7 Å². The van der Waals surface area contributed by atoms with Crippen molar-refractivity contribution in [2.45, 2.75) is 26.8 Å². The van der Waals surface area contributed by atoms with Crippen molar-refractivity contribution in [2.24, 2.45) is 0 Å². The van der Waals surface area contributed by atoms with Gasteiger partial charge >= 0.3 is 0 Å². The summed E-state index contributed by atoms with van der Waals surface area (Å²) in [4.78, 5) is 4.37. The largest absolute Gasteiger partial charge is 0.323 e. The highest BCUT2D eigenvalue weighted by Crippen LogP contribution is 2.33. The molecule has 3 nitrogen and oxygen atoms in total. The Morgan fingerprint density at radius 2 is 1.95 bits per heavy atom. The number of rotatable bonds is 4. The van der Waals surface area contributed by atoms with E-state index in [-0.39, 0.29) is 10.0 Å². The first-order valence-electron chi connectivity index (χ1n) is 5.96. The third kappa shape index (κ3) is 3.19. The van der Waals surface area contributed by atoms with E-state index in [1.807, 2.05) is 17.7 Å². The lowest BCUT2D eigenvalue weighted by Crippen LogP contribution is -2.03. The van der Waals surface area contributed by atoms with E-state index in [1.54, 1.807) is 0 Å². The van der Waals surface area contributed by atoms with Gasteiger partial charge in [0.05, 0.1) is 21.4 Å². The average molecular weight is 302 g/mol. The lowest BCUT2D eigenvalue weighted by Gasteiger charge is -2.11. The van der Waals surface area contributed by atoms with Crippen LogP contribution in [0.4, 0.5) is 16.0 Å². The van der Waals surface area contributed by atoms with Crippen LogP contribution in [0.5, 0.6) is 0 Å². The molecule has 0 amide bonds. The first-order chi connectivity index (χ1) is 9.01. The summed E-state index contributed by atoms with van der Waals surface area (Å²) in [5.74, 6) is 0.184. The first-order valence-corrected chi connectivity index (χ1v) is 6.72. The molecule has 0 aliphatic carbocycles. The van der Waals surface area contributed by atoms with E-state index in [0.29, 0.717) is 11.6 Å². The van der Waals surface area contributed by atoms with Crippen LogP contribution in [0.1, 0.15) is 19.0 Å². The van der Waals surface area contributed by atoms with E-state index in [4.69, 9.17) is 23.2 Å². The summed E-state index contributed by atoms with van der Waals surface area (Å²) in [7, 11) is 0. The molecule has 0 fully saturated rings. The van der Waals surface area contributed by atoms with Gasteiger partial charge in [0.25, 0.3) is 0 Å². The fourth-order valence-electron chi connectivity index (χ4n) is 1.83. The maximum absolute atomic E-state index is 13.1. The maximum Gasteiger partial charge on any atom is 0.207 e.